The van der Waals surface area contributed by atoms with Gasteiger partial charge in [0.1, 0.15) is 25.2 Å². The minimum Gasteiger partial charge on any atom is -0.494 e. The molecule has 3 heterocycles. The fraction of sp³-hybridized carbons (Fsp3) is 0.385. The Morgan fingerprint density at radius 1 is 1.36 bits per heavy atom. The van der Waals surface area contributed by atoms with E-state index in [2.05, 4.69) is 20.6 Å². The lowest BCUT2D eigenvalue weighted by Crippen LogP contribution is -2.21. The molecule has 22 heavy (non-hydrogen) atoms. The summed E-state index contributed by atoms with van der Waals surface area (Å²) >= 11 is 0. The van der Waals surface area contributed by atoms with E-state index in [-0.39, 0.29) is 23.7 Å². The van der Waals surface area contributed by atoms with Crippen LogP contribution >= 0.6 is 0 Å². The maximum absolute atomic E-state index is 11.9. The number of nitrogens with one attached hydrogen (secondary N) is 1. The smallest absolute Gasteiger partial charge is 0.322 e. The third-order valence-corrected chi connectivity index (χ3v) is 2.87. The molecular formula is C13H15N5O4. The first-order chi connectivity index (χ1) is 10.6. The maximum atomic E-state index is 11.9. The Bertz CT molecular complexity index is 703. The summed E-state index contributed by atoms with van der Waals surface area (Å²) in [6, 6.07) is 1.96. The lowest BCUT2D eigenvalue weighted by atomic mass is 10.4. The highest BCUT2D eigenvalue weighted by Gasteiger charge is 2.19. The highest BCUT2D eigenvalue weighted by molar-refractivity contribution is 6.00. The molecule has 1 aliphatic heterocycles. The predicted molar refractivity (Wildman–Crippen MR) is 74.5 cm³/mol. The fourth-order valence-electron chi connectivity index (χ4n) is 1.76. The Morgan fingerprint density at radius 3 is 2.91 bits per heavy atom. The van der Waals surface area contributed by atoms with Gasteiger partial charge in [-0.3, -0.25) is 14.8 Å². The number of carbonyl (C=O) groups excluding carboxylic acids is 1. The van der Waals surface area contributed by atoms with Gasteiger partial charge in [-0.05, 0) is 19.9 Å². The van der Waals surface area contributed by atoms with Crippen LogP contribution in [-0.2, 0) is 14.3 Å². The van der Waals surface area contributed by atoms with Crippen LogP contribution in [0.15, 0.2) is 28.7 Å². The van der Waals surface area contributed by atoms with Crippen LogP contribution < -0.4 is 5.32 Å². The number of ether oxygens (including phenoxy) is 2. The van der Waals surface area contributed by atoms with E-state index in [0.717, 1.165) is 0 Å². The molecule has 0 fully saturated rings. The molecule has 9 nitrogen and oxygen atoms in total. The standard InChI is InChI=1S/C13H15N5O4/c1-8(2)18-4-3-9(17-18)12-15-16-13(22-12)14-11(19)10-7-20-5-6-21-10/h3-4,7-8H,5-6H2,1-2H3,(H,14,16,19). The van der Waals surface area contributed by atoms with Crippen LogP contribution in [0.3, 0.4) is 0 Å². The third-order valence-electron chi connectivity index (χ3n) is 2.87. The summed E-state index contributed by atoms with van der Waals surface area (Å²) in [5.41, 5.74) is 0.540. The van der Waals surface area contributed by atoms with Crippen LogP contribution in [0, 0.1) is 0 Å². The lowest BCUT2D eigenvalue weighted by Gasteiger charge is -2.13. The van der Waals surface area contributed by atoms with Gasteiger partial charge in [-0.15, -0.1) is 5.10 Å². The molecule has 0 aromatic carbocycles. The Balaban J connectivity index is 1.70. The molecule has 0 spiro atoms. The van der Waals surface area contributed by atoms with Gasteiger partial charge in [-0.25, -0.2) is 0 Å². The third kappa shape index (κ3) is 2.92. The average Bonchev–Trinajstić information content (AvgIpc) is 3.16. The van der Waals surface area contributed by atoms with E-state index in [0.29, 0.717) is 18.9 Å². The van der Waals surface area contributed by atoms with Gasteiger partial charge in [0.2, 0.25) is 5.76 Å². The van der Waals surface area contributed by atoms with Crippen LogP contribution in [0.2, 0.25) is 0 Å². The molecule has 0 saturated heterocycles. The summed E-state index contributed by atoms with van der Waals surface area (Å²) < 4.78 is 17.3. The first kappa shape index (κ1) is 14.1. The van der Waals surface area contributed by atoms with Crippen LogP contribution in [-0.4, -0.2) is 39.1 Å². The highest BCUT2D eigenvalue weighted by atomic mass is 16.6. The molecule has 0 aliphatic carbocycles. The summed E-state index contributed by atoms with van der Waals surface area (Å²) in [4.78, 5) is 11.9. The number of carbonyl (C=O) groups is 1. The zero-order chi connectivity index (χ0) is 15.5. The summed E-state index contributed by atoms with van der Waals surface area (Å²) in [6.45, 7) is 4.76. The fourth-order valence-corrected chi connectivity index (χ4v) is 1.76. The minimum atomic E-state index is -0.511. The number of nitrogens with zero attached hydrogens (tertiary/aromatic N) is 4. The lowest BCUT2D eigenvalue weighted by molar-refractivity contribution is -0.117. The van der Waals surface area contributed by atoms with E-state index >= 15 is 0 Å². The quantitative estimate of drug-likeness (QED) is 0.908. The van der Waals surface area contributed by atoms with Gasteiger partial charge < -0.3 is 13.9 Å². The van der Waals surface area contributed by atoms with Gasteiger partial charge in [0.05, 0.1) is 0 Å². The molecule has 116 valence electrons. The van der Waals surface area contributed by atoms with Crippen LogP contribution in [0.1, 0.15) is 19.9 Å². The van der Waals surface area contributed by atoms with Crippen molar-refractivity contribution in [2.24, 2.45) is 0 Å². The van der Waals surface area contributed by atoms with E-state index in [4.69, 9.17) is 13.9 Å². The van der Waals surface area contributed by atoms with Crippen molar-refractivity contribution in [1.82, 2.24) is 20.0 Å². The van der Waals surface area contributed by atoms with Crippen molar-refractivity contribution in [2.45, 2.75) is 19.9 Å². The zero-order valence-electron chi connectivity index (χ0n) is 12.1. The van der Waals surface area contributed by atoms with E-state index < -0.39 is 5.91 Å². The monoisotopic (exact) mass is 305 g/mol. The van der Waals surface area contributed by atoms with Gasteiger partial charge in [0.25, 0.3) is 11.8 Å². The normalized spacial score (nSPS) is 14.2. The van der Waals surface area contributed by atoms with Crippen molar-refractivity contribution in [3.05, 3.63) is 24.3 Å². The summed E-state index contributed by atoms with van der Waals surface area (Å²) in [6.07, 6.45) is 3.07. The number of hydrogen-bond donors (Lipinski definition) is 1. The van der Waals surface area contributed by atoms with Gasteiger partial charge in [0.15, 0.2) is 0 Å². The molecule has 0 unspecified atom stereocenters. The Kier molecular flexibility index (Phi) is 3.77. The topological polar surface area (TPSA) is 104 Å². The van der Waals surface area contributed by atoms with Crippen molar-refractivity contribution in [1.29, 1.82) is 0 Å². The van der Waals surface area contributed by atoms with Gasteiger partial charge in [-0.1, -0.05) is 5.10 Å². The molecule has 9 heteroatoms. The van der Waals surface area contributed by atoms with Gasteiger partial charge in [0, 0.05) is 12.2 Å². The number of hydrogen-bond acceptors (Lipinski definition) is 7. The molecule has 1 N–H and O–H groups in total. The van der Waals surface area contributed by atoms with E-state index in [1.165, 1.54) is 6.26 Å². The SMILES string of the molecule is CC(C)n1ccc(-c2nnc(NC(=O)C3=COCCO3)o2)n1. The van der Waals surface area contributed by atoms with E-state index in [1.807, 2.05) is 20.0 Å². The van der Waals surface area contributed by atoms with Crippen molar-refractivity contribution < 1.29 is 18.7 Å². The molecule has 1 aliphatic rings. The molecule has 0 atom stereocenters. The number of amides is 1. The average molecular weight is 305 g/mol. The van der Waals surface area contributed by atoms with Crippen molar-refractivity contribution in [3.63, 3.8) is 0 Å². The van der Waals surface area contributed by atoms with Crippen LogP contribution in [0.4, 0.5) is 6.01 Å². The molecule has 2 aromatic rings. The predicted octanol–water partition coefficient (Wildman–Crippen LogP) is 1.34. The van der Waals surface area contributed by atoms with Crippen LogP contribution in [0.25, 0.3) is 11.6 Å². The summed E-state index contributed by atoms with van der Waals surface area (Å²) in [5.74, 6) is -0.220. The van der Waals surface area contributed by atoms with E-state index in [1.54, 1.807) is 10.7 Å². The first-order valence-electron chi connectivity index (χ1n) is 6.78. The van der Waals surface area contributed by atoms with E-state index in [9.17, 15) is 4.79 Å². The van der Waals surface area contributed by atoms with Crippen LogP contribution in [0.5, 0.6) is 0 Å². The molecular weight excluding hydrogens is 290 g/mol. The molecule has 3 rings (SSSR count). The second kappa shape index (κ2) is 5.88. The molecule has 0 saturated carbocycles. The largest absolute Gasteiger partial charge is 0.494 e. The van der Waals surface area contributed by atoms with Gasteiger partial charge >= 0.3 is 6.01 Å². The van der Waals surface area contributed by atoms with Crippen molar-refractivity contribution in [3.8, 4) is 11.6 Å². The molecule has 2 aromatic heterocycles. The first-order valence-corrected chi connectivity index (χ1v) is 6.78. The van der Waals surface area contributed by atoms with Crippen molar-refractivity contribution >= 4 is 11.9 Å². The maximum Gasteiger partial charge on any atom is 0.322 e. The number of aromatic nitrogens is 4. The number of anilines is 1. The summed E-state index contributed by atoms with van der Waals surface area (Å²) in [7, 11) is 0. The zero-order valence-corrected chi connectivity index (χ0v) is 12.1. The molecule has 1 amide bonds. The van der Waals surface area contributed by atoms with Gasteiger partial charge in [-0.2, -0.15) is 5.10 Å². The Labute approximate surface area is 125 Å². The Morgan fingerprint density at radius 2 is 2.23 bits per heavy atom. The second-order valence-electron chi connectivity index (χ2n) is 4.84. The summed E-state index contributed by atoms with van der Waals surface area (Å²) in [5, 5.41) is 14.4. The van der Waals surface area contributed by atoms with Crippen molar-refractivity contribution in [2.75, 3.05) is 18.5 Å². The highest BCUT2D eigenvalue weighted by Crippen LogP contribution is 2.19. The second-order valence-corrected chi connectivity index (χ2v) is 4.84. The Hall–Kier alpha value is -2.84. The molecule has 0 bridgehead atoms. The molecule has 0 radical (unpaired) electrons. The number of rotatable bonds is 4. The minimum absolute atomic E-state index is 0.0332.